The van der Waals surface area contributed by atoms with Gasteiger partial charge in [-0.1, -0.05) is 26.2 Å². The average Bonchev–Trinajstić information content (AvgIpc) is 2.65. The molecule has 0 aliphatic heterocycles. The molecule has 0 atom stereocenters. The van der Waals surface area contributed by atoms with Gasteiger partial charge in [0.15, 0.2) is 15.6 Å². The molecule has 0 aromatic carbocycles. The van der Waals surface area contributed by atoms with Gasteiger partial charge in [-0.05, 0) is 6.42 Å². The van der Waals surface area contributed by atoms with Crippen LogP contribution in [0.25, 0.3) is 0 Å². The summed E-state index contributed by atoms with van der Waals surface area (Å²) in [5.74, 6) is -0.212. The van der Waals surface area contributed by atoms with Gasteiger partial charge in [0.25, 0.3) is 0 Å². The second-order valence-corrected chi connectivity index (χ2v) is 7.79. The van der Waals surface area contributed by atoms with Crippen molar-refractivity contribution in [2.24, 2.45) is 0 Å². The first kappa shape index (κ1) is 17.0. The van der Waals surface area contributed by atoms with E-state index in [1.54, 1.807) is 0 Å². The summed E-state index contributed by atoms with van der Waals surface area (Å²) in [5, 5.41) is 3.58. The van der Waals surface area contributed by atoms with Crippen molar-refractivity contribution >= 4 is 37.6 Å². The lowest BCUT2D eigenvalue weighted by Gasteiger charge is -2.06. The second kappa shape index (κ2) is 7.08. The molecule has 1 aromatic rings. The highest BCUT2D eigenvalue weighted by Crippen LogP contribution is 2.39. The van der Waals surface area contributed by atoms with Crippen LogP contribution in [-0.2, 0) is 9.84 Å². The average molecular weight is 318 g/mol. The monoisotopic (exact) mass is 318 g/mol. The minimum Gasteiger partial charge on any atom is -0.396 e. The van der Waals surface area contributed by atoms with Crippen LogP contribution >= 0.6 is 11.3 Å². The van der Waals surface area contributed by atoms with Crippen LogP contribution in [0.15, 0.2) is 4.90 Å². The van der Waals surface area contributed by atoms with Crippen molar-refractivity contribution in [2.75, 3.05) is 23.9 Å². The number of unbranched alkanes of at least 4 members (excludes halogenated alkanes) is 3. The van der Waals surface area contributed by atoms with Gasteiger partial charge in [-0.25, -0.2) is 8.42 Å². The number of carbonyl (C=O) groups excluding carboxylic acids is 1. The summed E-state index contributed by atoms with van der Waals surface area (Å²) in [6.45, 7) is 4.20. The molecule has 1 aromatic heterocycles. The Bertz CT molecular complexity index is 577. The van der Waals surface area contributed by atoms with E-state index >= 15 is 0 Å². The minimum absolute atomic E-state index is 0.0585. The molecule has 1 heterocycles. The highest BCUT2D eigenvalue weighted by molar-refractivity contribution is 7.91. The van der Waals surface area contributed by atoms with Gasteiger partial charge in [0, 0.05) is 19.7 Å². The predicted molar refractivity (Wildman–Crippen MR) is 84.5 cm³/mol. The Morgan fingerprint density at radius 1 is 1.30 bits per heavy atom. The van der Waals surface area contributed by atoms with Gasteiger partial charge < -0.3 is 11.1 Å². The number of anilines is 2. The van der Waals surface area contributed by atoms with Crippen molar-refractivity contribution in [3.8, 4) is 0 Å². The van der Waals surface area contributed by atoms with Crippen LogP contribution in [0.4, 0.5) is 10.7 Å². The molecular formula is C13H22N2O3S2. The van der Waals surface area contributed by atoms with Crippen LogP contribution in [-0.4, -0.2) is 27.0 Å². The number of hydrogen-bond acceptors (Lipinski definition) is 6. The molecule has 0 amide bonds. The van der Waals surface area contributed by atoms with E-state index < -0.39 is 9.84 Å². The number of carbonyl (C=O) groups is 1. The maximum atomic E-state index is 11.8. The van der Waals surface area contributed by atoms with Gasteiger partial charge >= 0.3 is 0 Å². The predicted octanol–water partition coefficient (Wildman–Crippen LogP) is 2.93. The molecule has 20 heavy (non-hydrogen) atoms. The largest absolute Gasteiger partial charge is 0.396 e. The maximum Gasteiger partial charge on any atom is 0.180 e. The summed E-state index contributed by atoms with van der Waals surface area (Å²) in [4.78, 5) is 11.8. The molecule has 0 radical (unpaired) electrons. The fraction of sp³-hybridized carbons (Fsp3) is 0.615. The number of ketones is 1. The number of rotatable bonds is 8. The third-order valence-electron chi connectivity index (χ3n) is 2.91. The Balaban J connectivity index is 2.95. The molecule has 0 fully saturated rings. The molecule has 0 unspecified atom stereocenters. The van der Waals surface area contributed by atoms with Crippen molar-refractivity contribution < 1.29 is 13.2 Å². The summed E-state index contributed by atoms with van der Waals surface area (Å²) in [6, 6.07) is 0. The first-order chi connectivity index (χ1) is 9.29. The lowest BCUT2D eigenvalue weighted by molar-refractivity contribution is 0.102. The van der Waals surface area contributed by atoms with Crippen LogP contribution in [0.2, 0.25) is 0 Å². The summed E-state index contributed by atoms with van der Waals surface area (Å²) in [7, 11) is -3.45. The van der Waals surface area contributed by atoms with Gasteiger partial charge in [-0.2, -0.15) is 0 Å². The van der Waals surface area contributed by atoms with Crippen LogP contribution < -0.4 is 11.1 Å². The minimum atomic E-state index is -3.45. The molecule has 1 rings (SSSR count). The topological polar surface area (TPSA) is 89.3 Å². The number of Topliss-reactive ketones (excluding diaryl/α,β-unsaturated/α-hetero) is 1. The molecule has 0 saturated heterocycles. The SMILES string of the molecule is CCCCCCNc1sc(C(C)=O)c(N)c1S(C)(=O)=O. The maximum absolute atomic E-state index is 11.8. The summed E-state index contributed by atoms with van der Waals surface area (Å²) >= 11 is 1.12. The Morgan fingerprint density at radius 2 is 1.95 bits per heavy atom. The van der Waals surface area contributed by atoms with Crippen molar-refractivity contribution in [3.05, 3.63) is 4.88 Å². The molecule has 0 spiro atoms. The van der Waals surface area contributed by atoms with Gasteiger partial charge in [0.1, 0.15) is 9.90 Å². The van der Waals surface area contributed by atoms with E-state index in [0.717, 1.165) is 43.3 Å². The van der Waals surface area contributed by atoms with Crippen molar-refractivity contribution in [3.63, 3.8) is 0 Å². The van der Waals surface area contributed by atoms with Crippen molar-refractivity contribution in [1.82, 2.24) is 0 Å². The molecule has 3 N–H and O–H groups in total. The van der Waals surface area contributed by atoms with E-state index in [4.69, 9.17) is 5.73 Å². The Kier molecular flexibility index (Phi) is 6.01. The zero-order valence-corrected chi connectivity index (χ0v) is 13.8. The zero-order valence-electron chi connectivity index (χ0n) is 12.2. The van der Waals surface area contributed by atoms with Crippen molar-refractivity contribution in [2.45, 2.75) is 44.4 Å². The molecule has 0 bridgehead atoms. The first-order valence-corrected chi connectivity index (χ1v) is 9.37. The number of hydrogen-bond donors (Lipinski definition) is 2. The molecule has 0 aliphatic carbocycles. The van der Waals surface area contributed by atoms with Gasteiger partial charge in [0.2, 0.25) is 0 Å². The van der Waals surface area contributed by atoms with E-state index in [-0.39, 0.29) is 16.4 Å². The quantitative estimate of drug-likeness (QED) is 0.568. The van der Waals surface area contributed by atoms with Crippen LogP contribution in [0.1, 0.15) is 49.2 Å². The van der Waals surface area contributed by atoms with E-state index in [2.05, 4.69) is 12.2 Å². The smallest absolute Gasteiger partial charge is 0.180 e. The number of nitrogens with one attached hydrogen (secondary N) is 1. The summed E-state index contributed by atoms with van der Waals surface area (Å²) in [5.41, 5.74) is 5.88. The number of nitrogens with two attached hydrogens (primary N) is 1. The van der Waals surface area contributed by atoms with Gasteiger partial charge in [-0.15, -0.1) is 11.3 Å². The van der Waals surface area contributed by atoms with Gasteiger partial charge in [-0.3, -0.25) is 4.79 Å². The van der Waals surface area contributed by atoms with E-state index in [1.807, 2.05) is 0 Å². The van der Waals surface area contributed by atoms with Crippen molar-refractivity contribution in [1.29, 1.82) is 0 Å². The van der Waals surface area contributed by atoms with E-state index in [0.29, 0.717) is 16.4 Å². The Labute approximate surface area is 124 Å². The van der Waals surface area contributed by atoms with Crippen LogP contribution in [0, 0.1) is 0 Å². The molecule has 5 nitrogen and oxygen atoms in total. The molecule has 0 saturated carbocycles. The summed E-state index contributed by atoms with van der Waals surface area (Å²) in [6.07, 6.45) is 5.47. The number of thiophene rings is 1. The standard InChI is InChI=1S/C13H22N2O3S2/c1-4-5-6-7-8-15-13-12(20(3,17)18)10(14)11(19-13)9(2)16/h15H,4-8,14H2,1-3H3. The lowest BCUT2D eigenvalue weighted by Crippen LogP contribution is -2.07. The van der Waals surface area contributed by atoms with Crippen LogP contribution in [0.3, 0.4) is 0 Å². The Morgan fingerprint density at radius 3 is 2.45 bits per heavy atom. The molecule has 0 aliphatic rings. The third kappa shape index (κ3) is 4.21. The fourth-order valence-corrected chi connectivity index (χ4v) is 4.42. The first-order valence-electron chi connectivity index (χ1n) is 6.66. The number of nitrogen functional groups attached to an aromatic ring is 1. The highest BCUT2D eigenvalue weighted by atomic mass is 32.2. The summed E-state index contributed by atoms with van der Waals surface area (Å²) < 4.78 is 23.6. The molecule has 7 heteroatoms. The molecular weight excluding hydrogens is 296 g/mol. The van der Waals surface area contributed by atoms with Crippen LogP contribution in [0.5, 0.6) is 0 Å². The van der Waals surface area contributed by atoms with E-state index in [9.17, 15) is 13.2 Å². The lowest BCUT2D eigenvalue weighted by atomic mass is 10.2. The Hall–Kier alpha value is -1.08. The fourth-order valence-electron chi connectivity index (χ4n) is 1.93. The highest BCUT2D eigenvalue weighted by Gasteiger charge is 2.25. The second-order valence-electron chi connectivity index (χ2n) is 4.82. The van der Waals surface area contributed by atoms with E-state index in [1.165, 1.54) is 6.92 Å². The number of sulfone groups is 1. The van der Waals surface area contributed by atoms with Gasteiger partial charge in [0.05, 0.1) is 10.6 Å². The molecule has 114 valence electrons. The zero-order chi connectivity index (χ0) is 15.3. The third-order valence-corrected chi connectivity index (χ3v) is 5.46. The normalized spacial score (nSPS) is 11.6.